The monoisotopic (exact) mass is 292 g/mol. The van der Waals surface area contributed by atoms with Crippen LogP contribution in [0.5, 0.6) is 0 Å². The van der Waals surface area contributed by atoms with Gasteiger partial charge in [-0.2, -0.15) is 0 Å². The van der Waals surface area contributed by atoms with Gasteiger partial charge in [0.2, 0.25) is 0 Å². The van der Waals surface area contributed by atoms with Gasteiger partial charge in [-0.05, 0) is 45.6 Å². The third kappa shape index (κ3) is 2.67. The molecular weight excluding hydrogens is 260 g/mol. The molecule has 4 nitrogen and oxygen atoms in total. The standard InChI is InChI=1S/C17H32N4/c1-16(2)12-21(17(16,3)4)15(18-5)19-10-13-8-9-20(11-13)14-6-7-14/h13-14H,6-12H2,1-5H3,(H,18,19). The van der Waals surface area contributed by atoms with E-state index in [9.17, 15) is 0 Å². The predicted molar refractivity (Wildman–Crippen MR) is 88.6 cm³/mol. The van der Waals surface area contributed by atoms with Crippen molar-refractivity contribution in [3.63, 3.8) is 0 Å². The molecule has 2 aliphatic heterocycles. The molecule has 0 amide bonds. The Bertz CT molecular complexity index is 423. The Balaban J connectivity index is 1.50. The fourth-order valence-electron chi connectivity index (χ4n) is 3.73. The molecule has 0 aromatic carbocycles. The number of hydrogen-bond donors (Lipinski definition) is 1. The third-order valence-electron chi connectivity index (χ3n) is 6.28. The maximum Gasteiger partial charge on any atom is 0.194 e. The van der Waals surface area contributed by atoms with Crippen molar-refractivity contribution in [3.05, 3.63) is 0 Å². The normalized spacial score (nSPS) is 32.1. The molecule has 0 spiro atoms. The van der Waals surface area contributed by atoms with Crippen LogP contribution in [0.4, 0.5) is 0 Å². The van der Waals surface area contributed by atoms with Gasteiger partial charge in [0.1, 0.15) is 0 Å². The fourth-order valence-corrected chi connectivity index (χ4v) is 3.73. The molecule has 2 saturated heterocycles. The van der Waals surface area contributed by atoms with Gasteiger partial charge in [-0.25, -0.2) is 0 Å². The highest BCUT2D eigenvalue weighted by Gasteiger charge is 2.53. The van der Waals surface area contributed by atoms with E-state index in [2.05, 4.69) is 47.8 Å². The minimum atomic E-state index is 0.185. The molecule has 4 heteroatoms. The third-order valence-corrected chi connectivity index (χ3v) is 6.28. The van der Waals surface area contributed by atoms with Crippen LogP contribution < -0.4 is 5.32 Å². The van der Waals surface area contributed by atoms with Crippen LogP contribution in [0.25, 0.3) is 0 Å². The zero-order chi connectivity index (χ0) is 15.3. The number of hydrogen-bond acceptors (Lipinski definition) is 2. The average Bonchev–Trinajstić information content (AvgIpc) is 3.18. The van der Waals surface area contributed by atoms with E-state index < -0.39 is 0 Å². The molecule has 3 fully saturated rings. The zero-order valence-corrected chi connectivity index (χ0v) is 14.4. The van der Waals surface area contributed by atoms with E-state index in [1.54, 1.807) is 0 Å². The molecule has 1 aliphatic carbocycles. The highest BCUT2D eigenvalue weighted by Crippen LogP contribution is 2.46. The molecule has 2 heterocycles. The second-order valence-corrected chi connectivity index (χ2v) is 8.34. The van der Waals surface area contributed by atoms with Crippen LogP contribution in [-0.2, 0) is 0 Å². The number of guanidine groups is 1. The first kappa shape index (κ1) is 15.1. The van der Waals surface area contributed by atoms with Gasteiger partial charge in [0.25, 0.3) is 0 Å². The molecule has 1 atom stereocenters. The summed E-state index contributed by atoms with van der Waals surface area (Å²) in [5.74, 6) is 1.88. The fraction of sp³-hybridized carbons (Fsp3) is 0.941. The van der Waals surface area contributed by atoms with E-state index in [-0.39, 0.29) is 5.54 Å². The summed E-state index contributed by atoms with van der Waals surface area (Å²) < 4.78 is 0. The minimum absolute atomic E-state index is 0.185. The number of rotatable bonds is 3. The average molecular weight is 292 g/mol. The van der Waals surface area contributed by atoms with Crippen LogP contribution in [0.3, 0.4) is 0 Å². The van der Waals surface area contributed by atoms with Crippen LogP contribution >= 0.6 is 0 Å². The summed E-state index contributed by atoms with van der Waals surface area (Å²) in [6.07, 6.45) is 4.20. The summed E-state index contributed by atoms with van der Waals surface area (Å²) in [5, 5.41) is 3.64. The summed E-state index contributed by atoms with van der Waals surface area (Å²) in [7, 11) is 1.91. The van der Waals surface area contributed by atoms with Crippen LogP contribution in [0.15, 0.2) is 4.99 Å². The predicted octanol–water partition coefficient (Wildman–Crippen LogP) is 2.17. The van der Waals surface area contributed by atoms with Crippen LogP contribution in [0.1, 0.15) is 47.0 Å². The highest BCUT2D eigenvalue weighted by molar-refractivity contribution is 5.82. The van der Waals surface area contributed by atoms with Gasteiger partial charge in [-0.3, -0.25) is 4.99 Å². The molecule has 3 aliphatic rings. The van der Waals surface area contributed by atoms with Crippen molar-refractivity contribution in [2.45, 2.75) is 58.5 Å². The van der Waals surface area contributed by atoms with Gasteiger partial charge >= 0.3 is 0 Å². The summed E-state index contributed by atoms with van der Waals surface area (Å²) in [6.45, 7) is 14.1. The van der Waals surface area contributed by atoms with Crippen LogP contribution in [0.2, 0.25) is 0 Å². The quantitative estimate of drug-likeness (QED) is 0.639. The topological polar surface area (TPSA) is 30.9 Å². The van der Waals surface area contributed by atoms with E-state index in [1.807, 2.05) is 7.05 Å². The Morgan fingerprint density at radius 2 is 1.90 bits per heavy atom. The van der Waals surface area contributed by atoms with Crippen molar-refractivity contribution in [1.29, 1.82) is 0 Å². The van der Waals surface area contributed by atoms with Crippen molar-refractivity contribution >= 4 is 5.96 Å². The maximum atomic E-state index is 4.52. The molecule has 120 valence electrons. The Morgan fingerprint density at radius 1 is 1.19 bits per heavy atom. The maximum absolute atomic E-state index is 4.52. The summed E-state index contributed by atoms with van der Waals surface area (Å²) >= 11 is 0. The Hall–Kier alpha value is -0.770. The van der Waals surface area contributed by atoms with E-state index in [1.165, 1.54) is 32.4 Å². The SMILES string of the molecule is CN=C(NCC1CCN(C2CC2)C1)N1CC(C)(C)C1(C)C. The van der Waals surface area contributed by atoms with E-state index in [0.29, 0.717) is 5.41 Å². The van der Waals surface area contributed by atoms with E-state index in [0.717, 1.165) is 31.0 Å². The van der Waals surface area contributed by atoms with Gasteiger partial charge in [0.15, 0.2) is 5.96 Å². The Morgan fingerprint density at radius 3 is 2.43 bits per heavy atom. The molecule has 0 aromatic heterocycles. The number of nitrogens with zero attached hydrogens (tertiary/aromatic N) is 3. The van der Waals surface area contributed by atoms with Gasteiger partial charge in [0, 0.05) is 43.7 Å². The summed E-state index contributed by atoms with van der Waals surface area (Å²) in [6, 6.07) is 0.921. The molecule has 3 rings (SSSR count). The second kappa shape index (κ2) is 5.15. The molecule has 1 N–H and O–H groups in total. The number of aliphatic imine (C=N–C) groups is 1. The van der Waals surface area contributed by atoms with Crippen molar-refractivity contribution in [2.24, 2.45) is 16.3 Å². The molecule has 0 bridgehead atoms. The molecule has 1 unspecified atom stereocenters. The van der Waals surface area contributed by atoms with Crippen molar-refractivity contribution < 1.29 is 0 Å². The summed E-state index contributed by atoms with van der Waals surface area (Å²) in [5.41, 5.74) is 0.547. The van der Waals surface area contributed by atoms with E-state index >= 15 is 0 Å². The van der Waals surface area contributed by atoms with Crippen molar-refractivity contribution in [2.75, 3.05) is 33.2 Å². The van der Waals surface area contributed by atoms with E-state index in [4.69, 9.17) is 0 Å². The second-order valence-electron chi connectivity index (χ2n) is 8.34. The van der Waals surface area contributed by atoms with Crippen molar-refractivity contribution in [1.82, 2.24) is 15.1 Å². The lowest BCUT2D eigenvalue weighted by Gasteiger charge is -2.62. The van der Waals surface area contributed by atoms with Crippen molar-refractivity contribution in [3.8, 4) is 0 Å². The van der Waals surface area contributed by atoms with Gasteiger partial charge in [-0.1, -0.05) is 13.8 Å². The lowest BCUT2D eigenvalue weighted by Crippen LogP contribution is -2.72. The first-order chi connectivity index (χ1) is 9.85. The zero-order valence-electron chi connectivity index (χ0n) is 14.4. The lowest BCUT2D eigenvalue weighted by atomic mass is 9.65. The first-order valence-corrected chi connectivity index (χ1v) is 8.57. The molecule has 0 aromatic rings. The molecule has 0 radical (unpaired) electrons. The Labute approximate surface area is 130 Å². The Kier molecular flexibility index (Phi) is 3.71. The van der Waals surface area contributed by atoms with Crippen LogP contribution in [-0.4, -0.2) is 60.6 Å². The largest absolute Gasteiger partial charge is 0.356 e. The molecule has 21 heavy (non-hydrogen) atoms. The first-order valence-electron chi connectivity index (χ1n) is 8.57. The molecule has 1 saturated carbocycles. The number of likely N-dealkylation sites (tertiary alicyclic amines) is 2. The van der Waals surface area contributed by atoms with Gasteiger partial charge < -0.3 is 15.1 Å². The van der Waals surface area contributed by atoms with Gasteiger partial charge in [0.05, 0.1) is 0 Å². The lowest BCUT2D eigenvalue weighted by molar-refractivity contribution is -0.0668. The van der Waals surface area contributed by atoms with Gasteiger partial charge in [-0.15, -0.1) is 0 Å². The molecular formula is C17H32N4. The van der Waals surface area contributed by atoms with Crippen LogP contribution in [0, 0.1) is 11.3 Å². The summed E-state index contributed by atoms with van der Waals surface area (Å²) in [4.78, 5) is 9.63. The highest BCUT2D eigenvalue weighted by atomic mass is 15.4. The number of nitrogens with one attached hydrogen (secondary N) is 1. The smallest absolute Gasteiger partial charge is 0.194 e. The minimum Gasteiger partial charge on any atom is -0.356 e.